The van der Waals surface area contributed by atoms with Crippen molar-refractivity contribution in [1.29, 1.82) is 5.26 Å². The van der Waals surface area contributed by atoms with Crippen molar-refractivity contribution in [3.8, 4) is 11.8 Å². The first-order valence-electron chi connectivity index (χ1n) is 7.73. The Morgan fingerprint density at radius 2 is 2.00 bits per heavy atom. The quantitative estimate of drug-likeness (QED) is 0.856. The van der Waals surface area contributed by atoms with Crippen LogP contribution in [-0.2, 0) is 10.0 Å². The molecule has 2 aromatic rings. The summed E-state index contributed by atoms with van der Waals surface area (Å²) in [6, 6.07) is 15.6. The molecule has 1 fully saturated rings. The number of rotatable bonds is 4. The van der Waals surface area contributed by atoms with E-state index in [2.05, 4.69) is 0 Å². The summed E-state index contributed by atoms with van der Waals surface area (Å²) in [5, 5.41) is 9.23. The normalized spacial score (nSPS) is 18.2. The minimum absolute atomic E-state index is 0.0716. The van der Waals surface area contributed by atoms with Crippen LogP contribution >= 0.6 is 0 Å². The zero-order valence-corrected chi connectivity index (χ0v) is 14.2. The summed E-state index contributed by atoms with van der Waals surface area (Å²) in [5.41, 5.74) is 1.08. The Kier molecular flexibility index (Phi) is 4.56. The van der Waals surface area contributed by atoms with E-state index in [0.717, 1.165) is 18.4 Å². The second-order valence-electron chi connectivity index (χ2n) is 5.66. The van der Waals surface area contributed by atoms with Gasteiger partial charge in [0.25, 0.3) is 0 Å². The molecule has 0 radical (unpaired) electrons. The van der Waals surface area contributed by atoms with Gasteiger partial charge in [0.05, 0.1) is 23.6 Å². The van der Waals surface area contributed by atoms with Crippen molar-refractivity contribution < 1.29 is 13.2 Å². The van der Waals surface area contributed by atoms with E-state index < -0.39 is 10.0 Å². The van der Waals surface area contributed by atoms with Crippen LogP contribution in [0.2, 0.25) is 0 Å². The maximum Gasteiger partial charge on any atom is 0.244 e. The van der Waals surface area contributed by atoms with Gasteiger partial charge >= 0.3 is 0 Å². The topological polar surface area (TPSA) is 70.4 Å². The Morgan fingerprint density at radius 1 is 1.21 bits per heavy atom. The maximum atomic E-state index is 13.1. The van der Waals surface area contributed by atoms with Gasteiger partial charge in [-0.25, -0.2) is 8.42 Å². The minimum Gasteiger partial charge on any atom is -0.497 e. The van der Waals surface area contributed by atoms with Gasteiger partial charge in [-0.2, -0.15) is 9.57 Å². The van der Waals surface area contributed by atoms with Crippen molar-refractivity contribution in [3.63, 3.8) is 0 Å². The number of methoxy groups -OCH3 is 1. The number of ether oxygens (including phenoxy) is 1. The molecular formula is C18H18N2O3S. The zero-order chi connectivity index (χ0) is 17.2. The van der Waals surface area contributed by atoms with Crippen LogP contribution in [0.5, 0.6) is 5.75 Å². The molecule has 24 heavy (non-hydrogen) atoms. The van der Waals surface area contributed by atoms with Crippen LogP contribution in [0.25, 0.3) is 0 Å². The van der Waals surface area contributed by atoms with E-state index in [1.165, 1.54) is 16.4 Å². The lowest BCUT2D eigenvalue weighted by molar-refractivity contribution is 0.390. The number of hydrogen-bond acceptors (Lipinski definition) is 4. The smallest absolute Gasteiger partial charge is 0.244 e. The third-order valence-electron chi connectivity index (χ3n) is 4.28. The molecule has 0 saturated carbocycles. The van der Waals surface area contributed by atoms with Crippen molar-refractivity contribution in [2.45, 2.75) is 23.8 Å². The molecular weight excluding hydrogens is 324 g/mol. The molecule has 1 unspecified atom stereocenters. The van der Waals surface area contributed by atoms with Crippen molar-refractivity contribution in [3.05, 3.63) is 59.7 Å². The summed E-state index contributed by atoms with van der Waals surface area (Å²) in [6.45, 7) is 0.448. The van der Waals surface area contributed by atoms with Crippen LogP contribution in [0.15, 0.2) is 53.4 Å². The van der Waals surface area contributed by atoms with Crippen LogP contribution in [0.4, 0.5) is 0 Å². The summed E-state index contributed by atoms with van der Waals surface area (Å²) in [6.07, 6.45) is 1.54. The van der Waals surface area contributed by atoms with E-state index in [9.17, 15) is 13.7 Å². The van der Waals surface area contributed by atoms with Gasteiger partial charge in [-0.05, 0) is 42.7 Å². The highest BCUT2D eigenvalue weighted by Gasteiger charge is 2.37. The van der Waals surface area contributed by atoms with E-state index in [1.807, 2.05) is 30.3 Å². The van der Waals surface area contributed by atoms with Gasteiger partial charge in [-0.3, -0.25) is 0 Å². The largest absolute Gasteiger partial charge is 0.497 e. The molecule has 0 amide bonds. The van der Waals surface area contributed by atoms with Gasteiger partial charge in [-0.15, -0.1) is 0 Å². The van der Waals surface area contributed by atoms with Crippen LogP contribution in [0.3, 0.4) is 0 Å². The van der Waals surface area contributed by atoms with Crippen LogP contribution in [-0.4, -0.2) is 26.4 Å². The molecule has 5 nitrogen and oxygen atoms in total. The SMILES string of the molecule is COc1cccc(C2CCCN2S(=O)(=O)c2ccccc2C#N)c1. The number of hydrogen-bond donors (Lipinski definition) is 0. The minimum atomic E-state index is -3.73. The third kappa shape index (κ3) is 2.88. The number of sulfonamides is 1. The lowest BCUT2D eigenvalue weighted by atomic mass is 10.1. The van der Waals surface area contributed by atoms with Gasteiger partial charge in [-0.1, -0.05) is 24.3 Å². The van der Waals surface area contributed by atoms with Crippen molar-refractivity contribution in [1.82, 2.24) is 4.31 Å². The Balaban J connectivity index is 2.02. The molecule has 1 heterocycles. The highest BCUT2D eigenvalue weighted by atomic mass is 32.2. The van der Waals surface area contributed by atoms with E-state index in [4.69, 9.17) is 4.74 Å². The van der Waals surface area contributed by atoms with Gasteiger partial charge in [0, 0.05) is 6.54 Å². The molecule has 0 N–H and O–H groups in total. The average molecular weight is 342 g/mol. The predicted molar refractivity (Wildman–Crippen MR) is 90.0 cm³/mol. The first kappa shape index (κ1) is 16.5. The molecule has 1 aliphatic rings. The molecule has 3 rings (SSSR count). The molecule has 1 atom stereocenters. The van der Waals surface area contributed by atoms with Crippen molar-refractivity contribution in [2.24, 2.45) is 0 Å². The Labute approximate surface area is 142 Å². The molecule has 124 valence electrons. The van der Waals surface area contributed by atoms with Crippen LogP contribution in [0, 0.1) is 11.3 Å². The monoisotopic (exact) mass is 342 g/mol. The van der Waals surface area contributed by atoms with E-state index in [1.54, 1.807) is 19.2 Å². The number of benzene rings is 2. The van der Waals surface area contributed by atoms with Gasteiger partial charge in [0.15, 0.2) is 0 Å². The first-order chi connectivity index (χ1) is 11.6. The van der Waals surface area contributed by atoms with Crippen molar-refractivity contribution in [2.75, 3.05) is 13.7 Å². The van der Waals surface area contributed by atoms with Gasteiger partial charge < -0.3 is 4.74 Å². The molecule has 2 aromatic carbocycles. The summed E-state index contributed by atoms with van der Waals surface area (Å²) in [5.74, 6) is 0.703. The summed E-state index contributed by atoms with van der Waals surface area (Å²) < 4.78 is 32.9. The highest BCUT2D eigenvalue weighted by molar-refractivity contribution is 7.89. The lowest BCUT2D eigenvalue weighted by Gasteiger charge is -2.25. The van der Waals surface area contributed by atoms with E-state index in [0.29, 0.717) is 12.3 Å². The molecule has 0 aromatic heterocycles. The summed E-state index contributed by atoms with van der Waals surface area (Å²) >= 11 is 0. The first-order valence-corrected chi connectivity index (χ1v) is 9.17. The molecule has 6 heteroatoms. The Hall–Kier alpha value is -2.36. The summed E-state index contributed by atoms with van der Waals surface area (Å²) in [4.78, 5) is 0.0716. The molecule has 0 aliphatic carbocycles. The fraction of sp³-hybridized carbons (Fsp3) is 0.278. The van der Waals surface area contributed by atoms with E-state index >= 15 is 0 Å². The second kappa shape index (κ2) is 6.63. The maximum absolute atomic E-state index is 13.1. The third-order valence-corrected chi connectivity index (χ3v) is 6.24. The van der Waals surface area contributed by atoms with Gasteiger partial charge in [0.1, 0.15) is 11.8 Å². The molecule has 0 bridgehead atoms. The second-order valence-corrected chi connectivity index (χ2v) is 7.52. The standard InChI is InChI=1S/C18H18N2O3S/c1-23-16-8-4-7-14(12-16)17-9-5-11-20(17)24(21,22)18-10-3-2-6-15(18)13-19/h2-4,6-8,10,12,17H,5,9,11H2,1H3. The van der Waals surface area contributed by atoms with E-state index in [-0.39, 0.29) is 16.5 Å². The lowest BCUT2D eigenvalue weighted by Crippen LogP contribution is -2.31. The zero-order valence-electron chi connectivity index (χ0n) is 13.3. The predicted octanol–water partition coefficient (Wildman–Crippen LogP) is 3.09. The number of nitriles is 1. The fourth-order valence-electron chi connectivity index (χ4n) is 3.12. The molecule has 1 saturated heterocycles. The number of nitrogens with zero attached hydrogens (tertiary/aromatic N) is 2. The van der Waals surface area contributed by atoms with Gasteiger partial charge in [0.2, 0.25) is 10.0 Å². The van der Waals surface area contributed by atoms with Crippen molar-refractivity contribution >= 4 is 10.0 Å². The average Bonchev–Trinajstić information content (AvgIpc) is 3.12. The van der Waals surface area contributed by atoms with Crippen LogP contribution < -0.4 is 4.74 Å². The molecule has 1 aliphatic heterocycles. The highest BCUT2D eigenvalue weighted by Crippen LogP contribution is 2.38. The Bertz CT molecular complexity index is 887. The van der Waals surface area contributed by atoms with Crippen LogP contribution in [0.1, 0.15) is 30.0 Å². The fourth-order valence-corrected chi connectivity index (χ4v) is 4.95. The Morgan fingerprint density at radius 3 is 2.75 bits per heavy atom. The summed E-state index contributed by atoms with van der Waals surface area (Å²) in [7, 11) is -2.14. The molecule has 0 spiro atoms.